The highest BCUT2D eigenvalue weighted by Gasteiger charge is 2.26. The standard InChI is InChI=1S/C11H13BrClNO2/c1-11(2,10(15)16)6-14-8-5-3-4-7(13)9(8)12/h3-5,14H,6H2,1-2H3,(H,15,16). The number of nitrogens with one attached hydrogen (secondary N) is 1. The Kier molecular flexibility index (Phi) is 4.21. The van der Waals surface area contributed by atoms with Crippen molar-refractivity contribution in [2.75, 3.05) is 11.9 Å². The van der Waals surface area contributed by atoms with Gasteiger partial charge in [-0.3, -0.25) is 4.79 Å². The second-order valence-electron chi connectivity index (χ2n) is 4.14. The van der Waals surface area contributed by atoms with Crippen LogP contribution in [0.1, 0.15) is 13.8 Å². The first kappa shape index (κ1) is 13.3. The number of carboxylic acids is 1. The Bertz CT molecular complexity index is 407. The molecule has 0 heterocycles. The van der Waals surface area contributed by atoms with Crippen LogP contribution < -0.4 is 5.32 Å². The Morgan fingerprint density at radius 1 is 1.56 bits per heavy atom. The van der Waals surface area contributed by atoms with Crippen molar-refractivity contribution < 1.29 is 9.90 Å². The molecule has 5 heteroatoms. The summed E-state index contributed by atoms with van der Waals surface area (Å²) in [7, 11) is 0. The lowest BCUT2D eigenvalue weighted by atomic mass is 9.94. The zero-order valence-corrected chi connectivity index (χ0v) is 11.4. The number of hydrogen-bond donors (Lipinski definition) is 2. The Hall–Kier alpha value is -0.740. The van der Waals surface area contributed by atoms with Crippen molar-refractivity contribution in [3.05, 3.63) is 27.7 Å². The lowest BCUT2D eigenvalue weighted by molar-refractivity contribution is -0.146. The lowest BCUT2D eigenvalue weighted by Gasteiger charge is -2.20. The van der Waals surface area contributed by atoms with Crippen molar-refractivity contribution in [2.24, 2.45) is 5.41 Å². The van der Waals surface area contributed by atoms with Gasteiger partial charge in [0, 0.05) is 12.2 Å². The summed E-state index contributed by atoms with van der Waals surface area (Å²) in [6.45, 7) is 3.67. The van der Waals surface area contributed by atoms with Crippen LogP contribution >= 0.6 is 27.5 Å². The number of aliphatic carboxylic acids is 1. The van der Waals surface area contributed by atoms with E-state index >= 15 is 0 Å². The van der Waals surface area contributed by atoms with Gasteiger partial charge in [0.15, 0.2) is 0 Å². The third-order valence-corrected chi connectivity index (χ3v) is 3.65. The summed E-state index contributed by atoms with van der Waals surface area (Å²) in [5, 5.41) is 12.6. The fraction of sp³-hybridized carbons (Fsp3) is 0.364. The Morgan fingerprint density at radius 2 is 2.19 bits per heavy atom. The van der Waals surface area contributed by atoms with E-state index in [0.717, 1.165) is 10.2 Å². The number of halogens is 2. The number of hydrogen-bond acceptors (Lipinski definition) is 2. The fourth-order valence-corrected chi connectivity index (χ4v) is 1.61. The van der Waals surface area contributed by atoms with Gasteiger partial charge in [0.25, 0.3) is 0 Å². The molecule has 0 unspecified atom stereocenters. The zero-order valence-electron chi connectivity index (χ0n) is 9.05. The Labute approximate surface area is 108 Å². The second-order valence-corrected chi connectivity index (χ2v) is 5.34. The third-order valence-electron chi connectivity index (χ3n) is 2.25. The third kappa shape index (κ3) is 3.12. The summed E-state index contributed by atoms with van der Waals surface area (Å²) in [5.74, 6) is -0.835. The number of rotatable bonds is 4. The number of carbonyl (C=O) groups is 1. The molecule has 0 saturated carbocycles. The molecule has 88 valence electrons. The maximum atomic E-state index is 10.9. The second kappa shape index (κ2) is 5.06. The van der Waals surface area contributed by atoms with E-state index in [-0.39, 0.29) is 0 Å². The minimum atomic E-state index is -0.835. The average Bonchev–Trinajstić information content (AvgIpc) is 2.20. The highest BCUT2D eigenvalue weighted by atomic mass is 79.9. The van der Waals surface area contributed by atoms with E-state index in [2.05, 4.69) is 21.2 Å². The van der Waals surface area contributed by atoms with Crippen molar-refractivity contribution in [2.45, 2.75) is 13.8 Å². The number of benzene rings is 1. The molecule has 0 amide bonds. The van der Waals surface area contributed by atoms with E-state index < -0.39 is 11.4 Å². The van der Waals surface area contributed by atoms with Gasteiger partial charge in [-0.2, -0.15) is 0 Å². The van der Waals surface area contributed by atoms with Crippen molar-refractivity contribution in [3.8, 4) is 0 Å². The van der Waals surface area contributed by atoms with Crippen molar-refractivity contribution in [1.82, 2.24) is 0 Å². The van der Waals surface area contributed by atoms with Crippen LogP contribution in [0.4, 0.5) is 5.69 Å². The minimum absolute atomic E-state index is 0.335. The van der Waals surface area contributed by atoms with Crippen LogP contribution in [0.5, 0.6) is 0 Å². The van der Waals surface area contributed by atoms with Gasteiger partial charge in [0.2, 0.25) is 0 Å². The molecular formula is C11H13BrClNO2. The molecule has 0 spiro atoms. The van der Waals surface area contributed by atoms with Gasteiger partial charge < -0.3 is 10.4 Å². The van der Waals surface area contributed by atoms with E-state index in [1.165, 1.54) is 0 Å². The summed E-state index contributed by atoms with van der Waals surface area (Å²) in [6, 6.07) is 5.41. The predicted octanol–water partition coefficient (Wildman–Crippen LogP) is 3.63. The molecule has 16 heavy (non-hydrogen) atoms. The molecule has 2 N–H and O–H groups in total. The van der Waals surface area contributed by atoms with Crippen LogP contribution in [0.25, 0.3) is 0 Å². The normalized spacial score (nSPS) is 11.2. The van der Waals surface area contributed by atoms with Crippen LogP contribution in [0.2, 0.25) is 5.02 Å². The molecule has 0 saturated heterocycles. The predicted molar refractivity (Wildman–Crippen MR) is 69.1 cm³/mol. The molecule has 0 aliphatic heterocycles. The first-order chi connectivity index (χ1) is 7.34. The van der Waals surface area contributed by atoms with Crippen molar-refractivity contribution in [1.29, 1.82) is 0 Å². The highest BCUT2D eigenvalue weighted by molar-refractivity contribution is 9.10. The molecule has 0 radical (unpaired) electrons. The fourth-order valence-electron chi connectivity index (χ4n) is 1.03. The molecule has 0 bridgehead atoms. The van der Waals surface area contributed by atoms with Crippen LogP contribution in [0.15, 0.2) is 22.7 Å². The average molecular weight is 307 g/mol. The SMILES string of the molecule is CC(C)(CNc1cccc(Cl)c1Br)C(=O)O. The summed E-state index contributed by atoms with van der Waals surface area (Å²) in [5.41, 5.74) is -0.0243. The van der Waals surface area contributed by atoms with Gasteiger partial charge in [0.1, 0.15) is 0 Å². The highest BCUT2D eigenvalue weighted by Crippen LogP contribution is 2.30. The summed E-state index contributed by atoms with van der Waals surface area (Å²) >= 11 is 9.27. The van der Waals surface area contributed by atoms with Crippen LogP contribution in [-0.4, -0.2) is 17.6 Å². The maximum Gasteiger partial charge on any atom is 0.310 e. The van der Waals surface area contributed by atoms with Gasteiger partial charge in [-0.1, -0.05) is 17.7 Å². The lowest BCUT2D eigenvalue weighted by Crippen LogP contribution is -2.31. The molecule has 0 aliphatic carbocycles. The summed E-state index contributed by atoms with van der Waals surface area (Å²) in [6.07, 6.45) is 0. The van der Waals surface area contributed by atoms with E-state index in [9.17, 15) is 4.79 Å². The van der Waals surface area contributed by atoms with Gasteiger partial charge in [0.05, 0.1) is 14.9 Å². The first-order valence-corrected chi connectivity index (χ1v) is 5.93. The quantitative estimate of drug-likeness (QED) is 0.893. The molecule has 0 aliphatic rings. The van der Waals surface area contributed by atoms with E-state index in [0.29, 0.717) is 11.6 Å². The smallest absolute Gasteiger partial charge is 0.310 e. The van der Waals surface area contributed by atoms with Gasteiger partial charge >= 0.3 is 5.97 Å². The van der Waals surface area contributed by atoms with Crippen LogP contribution in [-0.2, 0) is 4.79 Å². The maximum absolute atomic E-state index is 10.9. The molecule has 1 aromatic carbocycles. The Balaban J connectivity index is 2.76. The van der Waals surface area contributed by atoms with Gasteiger partial charge in [-0.05, 0) is 41.9 Å². The molecule has 0 aromatic heterocycles. The Morgan fingerprint density at radius 3 is 2.75 bits per heavy atom. The van der Waals surface area contributed by atoms with Crippen molar-refractivity contribution >= 4 is 39.2 Å². The molecule has 3 nitrogen and oxygen atoms in total. The number of anilines is 1. The molecular weight excluding hydrogens is 293 g/mol. The van der Waals surface area contributed by atoms with E-state index in [1.54, 1.807) is 19.9 Å². The van der Waals surface area contributed by atoms with Gasteiger partial charge in [-0.15, -0.1) is 0 Å². The summed E-state index contributed by atoms with van der Waals surface area (Å²) < 4.78 is 0.748. The topological polar surface area (TPSA) is 49.3 Å². The molecule has 0 fully saturated rings. The summed E-state index contributed by atoms with van der Waals surface area (Å²) in [4.78, 5) is 10.9. The van der Waals surface area contributed by atoms with Crippen LogP contribution in [0, 0.1) is 5.41 Å². The number of carboxylic acid groups (broad SMARTS) is 1. The van der Waals surface area contributed by atoms with Gasteiger partial charge in [-0.25, -0.2) is 0 Å². The first-order valence-electron chi connectivity index (χ1n) is 4.76. The minimum Gasteiger partial charge on any atom is -0.481 e. The monoisotopic (exact) mass is 305 g/mol. The zero-order chi connectivity index (χ0) is 12.3. The molecule has 1 rings (SSSR count). The van der Waals surface area contributed by atoms with Crippen LogP contribution in [0.3, 0.4) is 0 Å². The van der Waals surface area contributed by atoms with E-state index in [4.69, 9.17) is 16.7 Å². The molecule has 1 aromatic rings. The van der Waals surface area contributed by atoms with E-state index in [1.807, 2.05) is 12.1 Å². The largest absolute Gasteiger partial charge is 0.481 e. The van der Waals surface area contributed by atoms with Crippen molar-refractivity contribution in [3.63, 3.8) is 0 Å². The molecule has 0 atom stereocenters.